The zero-order valence-corrected chi connectivity index (χ0v) is 14.2. The summed E-state index contributed by atoms with van der Waals surface area (Å²) in [4.78, 5) is 16.7. The molecule has 1 rings (SSSR count). The van der Waals surface area contributed by atoms with Crippen LogP contribution in [0.3, 0.4) is 0 Å². The molecule has 0 unspecified atom stereocenters. The first-order valence-corrected chi connectivity index (χ1v) is 7.77. The van der Waals surface area contributed by atoms with E-state index >= 15 is 0 Å². The lowest BCUT2D eigenvalue weighted by Crippen LogP contribution is -2.37. The van der Waals surface area contributed by atoms with Crippen LogP contribution in [0.4, 0.5) is 5.82 Å². The van der Waals surface area contributed by atoms with Crippen molar-refractivity contribution in [3.05, 3.63) is 23.4 Å². The third kappa shape index (κ3) is 5.37. The van der Waals surface area contributed by atoms with E-state index in [1.54, 1.807) is 0 Å². The molecule has 0 radical (unpaired) electrons. The fourth-order valence-electron chi connectivity index (χ4n) is 1.76. The SMILES string of the molecule is CCCNc1cc(C(=O)NCC(C)(C)C(C)C)cc(C)n1. The number of amides is 1. The molecular weight excluding hydrogens is 262 g/mol. The van der Waals surface area contributed by atoms with Gasteiger partial charge < -0.3 is 10.6 Å². The van der Waals surface area contributed by atoms with Gasteiger partial charge in [-0.1, -0.05) is 34.6 Å². The van der Waals surface area contributed by atoms with Gasteiger partial charge in [-0.2, -0.15) is 0 Å². The Balaban J connectivity index is 2.76. The molecule has 0 saturated heterocycles. The van der Waals surface area contributed by atoms with Gasteiger partial charge >= 0.3 is 0 Å². The second-order valence-electron chi connectivity index (χ2n) is 6.64. The molecular formula is C17H29N3O. The van der Waals surface area contributed by atoms with E-state index in [2.05, 4.69) is 50.2 Å². The highest BCUT2D eigenvalue weighted by Crippen LogP contribution is 2.24. The summed E-state index contributed by atoms with van der Waals surface area (Å²) in [6.45, 7) is 14.2. The van der Waals surface area contributed by atoms with Crippen molar-refractivity contribution in [3.63, 3.8) is 0 Å². The molecule has 0 spiro atoms. The Labute approximate surface area is 128 Å². The molecule has 0 aliphatic heterocycles. The molecule has 0 saturated carbocycles. The van der Waals surface area contributed by atoms with Gasteiger partial charge in [0.15, 0.2) is 0 Å². The van der Waals surface area contributed by atoms with Crippen LogP contribution < -0.4 is 10.6 Å². The lowest BCUT2D eigenvalue weighted by Gasteiger charge is -2.29. The first kappa shape index (κ1) is 17.5. The Morgan fingerprint density at radius 1 is 1.33 bits per heavy atom. The molecule has 2 N–H and O–H groups in total. The second-order valence-corrected chi connectivity index (χ2v) is 6.64. The molecule has 1 amide bonds. The highest BCUT2D eigenvalue weighted by Gasteiger charge is 2.23. The van der Waals surface area contributed by atoms with Crippen molar-refractivity contribution in [2.24, 2.45) is 11.3 Å². The molecule has 0 aliphatic carbocycles. The molecule has 0 fully saturated rings. The van der Waals surface area contributed by atoms with Gasteiger partial charge in [-0.15, -0.1) is 0 Å². The van der Waals surface area contributed by atoms with Crippen LogP contribution in [0.15, 0.2) is 12.1 Å². The number of pyridine rings is 1. The Kier molecular flexibility index (Phi) is 6.19. The zero-order chi connectivity index (χ0) is 16.0. The van der Waals surface area contributed by atoms with Gasteiger partial charge in [-0.05, 0) is 36.8 Å². The third-order valence-corrected chi connectivity index (χ3v) is 4.04. The standard InChI is InChI=1S/C17H29N3O/c1-7-8-18-15-10-14(9-13(4)20-15)16(21)19-11-17(5,6)12(2)3/h9-10,12H,7-8,11H2,1-6H3,(H,18,20)(H,19,21). The zero-order valence-electron chi connectivity index (χ0n) is 14.2. The number of aromatic nitrogens is 1. The van der Waals surface area contributed by atoms with E-state index in [4.69, 9.17) is 0 Å². The largest absolute Gasteiger partial charge is 0.370 e. The molecule has 0 atom stereocenters. The topological polar surface area (TPSA) is 54.0 Å². The molecule has 4 heteroatoms. The van der Waals surface area contributed by atoms with E-state index in [1.807, 2.05) is 19.1 Å². The minimum absolute atomic E-state index is 0.0335. The minimum Gasteiger partial charge on any atom is -0.370 e. The maximum Gasteiger partial charge on any atom is 0.251 e. The van der Waals surface area contributed by atoms with Crippen LogP contribution in [-0.2, 0) is 0 Å². The predicted octanol–water partition coefficient (Wildman–Crippen LogP) is 3.62. The summed E-state index contributed by atoms with van der Waals surface area (Å²) in [5, 5.41) is 6.27. The highest BCUT2D eigenvalue weighted by molar-refractivity contribution is 5.95. The van der Waals surface area contributed by atoms with Gasteiger partial charge in [0.25, 0.3) is 5.91 Å². The van der Waals surface area contributed by atoms with E-state index < -0.39 is 0 Å². The molecule has 0 aliphatic rings. The van der Waals surface area contributed by atoms with E-state index in [0.29, 0.717) is 18.0 Å². The molecule has 0 bridgehead atoms. The van der Waals surface area contributed by atoms with E-state index in [-0.39, 0.29) is 11.3 Å². The molecule has 0 aromatic carbocycles. The van der Waals surface area contributed by atoms with Gasteiger partial charge in [-0.25, -0.2) is 4.98 Å². The van der Waals surface area contributed by atoms with E-state index in [9.17, 15) is 4.79 Å². The van der Waals surface area contributed by atoms with Crippen LogP contribution >= 0.6 is 0 Å². The molecule has 1 aromatic heterocycles. The van der Waals surface area contributed by atoms with Gasteiger partial charge in [0.1, 0.15) is 5.82 Å². The number of nitrogens with zero attached hydrogens (tertiary/aromatic N) is 1. The van der Waals surface area contributed by atoms with Gasteiger partial charge in [0.05, 0.1) is 0 Å². The van der Waals surface area contributed by atoms with E-state index in [1.165, 1.54) is 0 Å². The fraction of sp³-hybridized carbons (Fsp3) is 0.647. The third-order valence-electron chi connectivity index (χ3n) is 4.04. The number of nitrogens with one attached hydrogen (secondary N) is 2. The molecule has 4 nitrogen and oxygen atoms in total. The average Bonchev–Trinajstić information content (AvgIpc) is 2.41. The van der Waals surface area contributed by atoms with Crippen molar-refractivity contribution in [2.75, 3.05) is 18.4 Å². The second kappa shape index (κ2) is 7.43. The van der Waals surface area contributed by atoms with Crippen LogP contribution in [0.1, 0.15) is 57.1 Å². The van der Waals surface area contributed by atoms with Gasteiger partial charge in [0.2, 0.25) is 0 Å². The van der Waals surface area contributed by atoms with E-state index in [0.717, 1.165) is 24.5 Å². The first-order chi connectivity index (χ1) is 9.76. The minimum atomic E-state index is -0.0335. The average molecular weight is 291 g/mol. The van der Waals surface area contributed by atoms with Crippen molar-refractivity contribution < 1.29 is 4.79 Å². The van der Waals surface area contributed by atoms with Crippen molar-refractivity contribution in [1.29, 1.82) is 0 Å². The number of rotatable bonds is 7. The summed E-state index contributed by atoms with van der Waals surface area (Å²) in [6, 6.07) is 3.65. The predicted molar refractivity (Wildman–Crippen MR) is 88.7 cm³/mol. The number of hydrogen-bond donors (Lipinski definition) is 2. The molecule has 1 heterocycles. The monoisotopic (exact) mass is 291 g/mol. The summed E-state index contributed by atoms with van der Waals surface area (Å²) in [7, 11) is 0. The molecule has 118 valence electrons. The first-order valence-electron chi connectivity index (χ1n) is 7.77. The lowest BCUT2D eigenvalue weighted by atomic mass is 9.81. The van der Waals surface area contributed by atoms with Crippen LogP contribution in [0, 0.1) is 18.3 Å². The van der Waals surface area contributed by atoms with Crippen LogP contribution in [0.25, 0.3) is 0 Å². The maximum absolute atomic E-state index is 12.3. The van der Waals surface area contributed by atoms with Crippen LogP contribution in [0.2, 0.25) is 0 Å². The normalized spacial score (nSPS) is 11.6. The Morgan fingerprint density at radius 2 is 2.00 bits per heavy atom. The summed E-state index contributed by atoms with van der Waals surface area (Å²) < 4.78 is 0. The Hall–Kier alpha value is -1.58. The van der Waals surface area contributed by atoms with Crippen molar-refractivity contribution in [3.8, 4) is 0 Å². The van der Waals surface area contributed by atoms with Crippen LogP contribution in [-0.4, -0.2) is 24.0 Å². The van der Waals surface area contributed by atoms with Gasteiger partial charge in [0, 0.05) is 24.3 Å². The fourth-order valence-corrected chi connectivity index (χ4v) is 1.76. The van der Waals surface area contributed by atoms with Crippen molar-refractivity contribution in [1.82, 2.24) is 10.3 Å². The summed E-state index contributed by atoms with van der Waals surface area (Å²) in [5.41, 5.74) is 1.60. The van der Waals surface area contributed by atoms with Crippen molar-refractivity contribution in [2.45, 2.75) is 48.0 Å². The maximum atomic E-state index is 12.3. The summed E-state index contributed by atoms with van der Waals surface area (Å²) >= 11 is 0. The van der Waals surface area contributed by atoms with Crippen LogP contribution in [0.5, 0.6) is 0 Å². The molecule has 1 aromatic rings. The molecule has 21 heavy (non-hydrogen) atoms. The van der Waals surface area contributed by atoms with Crippen molar-refractivity contribution >= 4 is 11.7 Å². The number of aryl methyl sites for hydroxylation is 1. The smallest absolute Gasteiger partial charge is 0.251 e. The number of hydrogen-bond acceptors (Lipinski definition) is 3. The quantitative estimate of drug-likeness (QED) is 0.806. The van der Waals surface area contributed by atoms with Gasteiger partial charge in [-0.3, -0.25) is 4.79 Å². The number of carbonyl (C=O) groups is 1. The lowest BCUT2D eigenvalue weighted by molar-refractivity contribution is 0.0924. The highest BCUT2D eigenvalue weighted by atomic mass is 16.1. The number of carbonyl (C=O) groups excluding carboxylic acids is 1. The summed E-state index contributed by atoms with van der Waals surface area (Å²) in [5.74, 6) is 1.25. The summed E-state index contributed by atoms with van der Waals surface area (Å²) in [6.07, 6.45) is 1.03. The number of anilines is 1. The Morgan fingerprint density at radius 3 is 2.57 bits per heavy atom. The Bertz CT molecular complexity index is 481.